The van der Waals surface area contributed by atoms with Gasteiger partial charge in [-0.3, -0.25) is 9.59 Å². The van der Waals surface area contributed by atoms with Gasteiger partial charge in [0.2, 0.25) is 4.96 Å². The highest BCUT2D eigenvalue weighted by molar-refractivity contribution is 14.1. The van der Waals surface area contributed by atoms with Gasteiger partial charge in [-0.1, -0.05) is 35.6 Å². The molecule has 0 amide bonds. The van der Waals surface area contributed by atoms with Crippen LogP contribution in [0.3, 0.4) is 0 Å². The normalized spacial score (nSPS) is 11.9. The number of hydrogen-bond acceptors (Lipinski definition) is 6. The summed E-state index contributed by atoms with van der Waals surface area (Å²) >= 11 is 3.50. The van der Waals surface area contributed by atoms with Crippen LogP contribution >= 0.6 is 33.9 Å². The van der Waals surface area contributed by atoms with Crippen molar-refractivity contribution in [1.82, 2.24) is 14.6 Å². The molecule has 0 aliphatic rings. The molecule has 4 rings (SSSR count). The third-order valence-corrected chi connectivity index (χ3v) is 5.41. The van der Waals surface area contributed by atoms with Crippen molar-refractivity contribution in [3.05, 3.63) is 72.6 Å². The molecule has 0 N–H and O–H groups in total. The summed E-state index contributed by atoms with van der Waals surface area (Å²) in [7, 11) is 0. The number of fused-ring (bicyclic) bond motifs is 1. The maximum atomic E-state index is 12.7. The molecule has 27 heavy (non-hydrogen) atoms. The molecule has 134 valence electrons. The summed E-state index contributed by atoms with van der Waals surface area (Å²) in [5.74, 6) is 0.278. The third-order valence-electron chi connectivity index (χ3n) is 3.73. The van der Waals surface area contributed by atoms with Crippen molar-refractivity contribution in [3.8, 4) is 17.1 Å². The lowest BCUT2D eigenvalue weighted by Crippen LogP contribution is -2.23. The number of carbonyl (C=O) groups excluding carboxylic acids is 1. The Bertz CT molecular complexity index is 1260. The summed E-state index contributed by atoms with van der Waals surface area (Å²) in [5.41, 5.74) is 1.28. The van der Waals surface area contributed by atoms with Crippen LogP contribution in [-0.4, -0.2) is 20.6 Å². The van der Waals surface area contributed by atoms with Gasteiger partial charge in [0.25, 0.3) is 5.56 Å². The van der Waals surface area contributed by atoms with E-state index in [1.54, 1.807) is 24.3 Å². The lowest BCUT2D eigenvalue weighted by atomic mass is 10.2. The molecule has 0 radical (unpaired) electrons. The predicted molar refractivity (Wildman–Crippen MR) is 112 cm³/mol. The van der Waals surface area contributed by atoms with Gasteiger partial charge in [-0.2, -0.15) is 9.50 Å². The fourth-order valence-electron chi connectivity index (χ4n) is 2.55. The van der Waals surface area contributed by atoms with Crippen LogP contribution in [0.4, 0.5) is 0 Å². The Morgan fingerprint density at radius 1 is 1.19 bits per heavy atom. The number of nitrogens with zero attached hydrogens (tertiary/aromatic N) is 3. The van der Waals surface area contributed by atoms with Crippen molar-refractivity contribution < 1.29 is 9.53 Å². The number of hydrogen-bond donors (Lipinski definition) is 0. The molecule has 0 saturated heterocycles. The molecule has 2 aromatic carbocycles. The Labute approximate surface area is 171 Å². The van der Waals surface area contributed by atoms with Gasteiger partial charge in [0.05, 0.1) is 10.1 Å². The zero-order chi connectivity index (χ0) is 19.0. The van der Waals surface area contributed by atoms with Crippen LogP contribution in [0.1, 0.15) is 12.5 Å². The summed E-state index contributed by atoms with van der Waals surface area (Å²) in [6, 6.07) is 14.9. The number of thiazole rings is 1. The smallest absolute Gasteiger partial charge is 0.308 e. The van der Waals surface area contributed by atoms with E-state index in [4.69, 9.17) is 4.74 Å². The molecule has 0 unspecified atom stereocenters. The molecular weight excluding hydrogens is 477 g/mol. The third kappa shape index (κ3) is 3.62. The van der Waals surface area contributed by atoms with E-state index < -0.39 is 5.97 Å². The first-order valence-electron chi connectivity index (χ1n) is 7.96. The van der Waals surface area contributed by atoms with Crippen molar-refractivity contribution >= 4 is 50.9 Å². The molecule has 0 fully saturated rings. The van der Waals surface area contributed by atoms with Crippen molar-refractivity contribution in [2.45, 2.75) is 6.92 Å². The van der Waals surface area contributed by atoms with Crippen LogP contribution in [0.15, 0.2) is 53.3 Å². The van der Waals surface area contributed by atoms with E-state index in [9.17, 15) is 9.59 Å². The van der Waals surface area contributed by atoms with E-state index in [0.29, 0.717) is 26.6 Å². The van der Waals surface area contributed by atoms with Gasteiger partial charge in [-0.25, -0.2) is 0 Å². The van der Waals surface area contributed by atoms with Crippen molar-refractivity contribution in [3.63, 3.8) is 0 Å². The fraction of sp³-hybridized carbons (Fsp3) is 0.0526. The number of ether oxygens (including phenoxy) is 1. The molecule has 0 saturated carbocycles. The van der Waals surface area contributed by atoms with Crippen LogP contribution in [0.25, 0.3) is 22.4 Å². The number of rotatable bonds is 3. The molecule has 0 atom stereocenters. The standard InChI is InChI=1S/C19H12IN3O3S/c1-11(24)26-15-5-3-2-4-14(15)17-21-19-23(22-17)18(25)16(27-19)10-12-6-8-13(20)9-7-12/h2-10H,1H3/b16-10+. The Morgan fingerprint density at radius 3 is 2.63 bits per heavy atom. The average molecular weight is 489 g/mol. The van der Waals surface area contributed by atoms with Gasteiger partial charge in [0.15, 0.2) is 5.82 Å². The Morgan fingerprint density at radius 2 is 1.93 bits per heavy atom. The van der Waals surface area contributed by atoms with Gasteiger partial charge < -0.3 is 4.74 Å². The number of halogens is 1. The summed E-state index contributed by atoms with van der Waals surface area (Å²) < 4.78 is 8.18. The van der Waals surface area contributed by atoms with Crippen molar-refractivity contribution in [2.75, 3.05) is 0 Å². The monoisotopic (exact) mass is 489 g/mol. The Balaban J connectivity index is 1.79. The molecule has 2 aromatic heterocycles. The van der Waals surface area contributed by atoms with Crippen molar-refractivity contribution in [1.29, 1.82) is 0 Å². The second kappa shape index (κ2) is 7.20. The lowest BCUT2D eigenvalue weighted by molar-refractivity contribution is -0.131. The van der Waals surface area contributed by atoms with E-state index >= 15 is 0 Å². The number of aromatic nitrogens is 3. The maximum Gasteiger partial charge on any atom is 0.308 e. The minimum Gasteiger partial charge on any atom is -0.426 e. The topological polar surface area (TPSA) is 73.6 Å². The average Bonchev–Trinajstić information content (AvgIpc) is 3.17. The van der Waals surface area contributed by atoms with E-state index in [-0.39, 0.29) is 5.56 Å². The van der Waals surface area contributed by atoms with E-state index in [0.717, 1.165) is 9.13 Å². The molecule has 8 heteroatoms. The SMILES string of the molecule is CC(=O)Oc1ccccc1-c1nc2s/c(=C/c3ccc(I)cc3)c(=O)n2n1. The molecule has 4 aromatic rings. The quantitative estimate of drug-likeness (QED) is 0.252. The Hall–Kier alpha value is -2.59. The number of carbonyl (C=O) groups is 1. The Kier molecular flexibility index (Phi) is 4.75. The number of esters is 1. The van der Waals surface area contributed by atoms with Crippen LogP contribution in [0, 0.1) is 3.57 Å². The summed E-state index contributed by atoms with van der Waals surface area (Å²) in [6.45, 7) is 1.33. The lowest BCUT2D eigenvalue weighted by Gasteiger charge is -2.04. The van der Waals surface area contributed by atoms with Gasteiger partial charge >= 0.3 is 5.97 Å². The molecule has 0 aliphatic carbocycles. The van der Waals surface area contributed by atoms with Crippen molar-refractivity contribution in [2.24, 2.45) is 0 Å². The highest BCUT2D eigenvalue weighted by Gasteiger charge is 2.16. The molecule has 0 bridgehead atoms. The van der Waals surface area contributed by atoms with Crippen LogP contribution in [-0.2, 0) is 4.79 Å². The summed E-state index contributed by atoms with van der Waals surface area (Å²) in [6.07, 6.45) is 1.83. The second-order valence-electron chi connectivity index (χ2n) is 5.69. The highest BCUT2D eigenvalue weighted by Crippen LogP contribution is 2.27. The fourth-order valence-corrected chi connectivity index (χ4v) is 3.82. The van der Waals surface area contributed by atoms with Gasteiger partial charge in [-0.15, -0.1) is 5.10 Å². The summed E-state index contributed by atoms with van der Waals surface area (Å²) in [5, 5.41) is 4.32. The summed E-state index contributed by atoms with van der Waals surface area (Å²) in [4.78, 5) is 28.9. The first-order chi connectivity index (χ1) is 13.0. The van der Waals surface area contributed by atoms with Gasteiger partial charge in [0, 0.05) is 10.5 Å². The van der Waals surface area contributed by atoms with Crippen LogP contribution < -0.4 is 14.8 Å². The molecule has 0 aliphatic heterocycles. The minimum absolute atomic E-state index is 0.225. The highest BCUT2D eigenvalue weighted by atomic mass is 127. The minimum atomic E-state index is -0.428. The largest absolute Gasteiger partial charge is 0.426 e. The van der Waals surface area contributed by atoms with E-state index in [1.165, 1.54) is 22.8 Å². The van der Waals surface area contributed by atoms with E-state index in [2.05, 4.69) is 32.7 Å². The van der Waals surface area contributed by atoms with Gasteiger partial charge in [0.1, 0.15) is 5.75 Å². The number of para-hydroxylation sites is 1. The first kappa shape index (κ1) is 17.8. The first-order valence-corrected chi connectivity index (χ1v) is 9.85. The van der Waals surface area contributed by atoms with E-state index in [1.807, 2.05) is 30.3 Å². The number of benzene rings is 2. The second-order valence-corrected chi connectivity index (χ2v) is 7.94. The van der Waals surface area contributed by atoms with Gasteiger partial charge in [-0.05, 0) is 58.5 Å². The zero-order valence-corrected chi connectivity index (χ0v) is 17.0. The van der Waals surface area contributed by atoms with Crippen LogP contribution in [0.5, 0.6) is 5.75 Å². The molecule has 0 spiro atoms. The molecule has 2 heterocycles. The zero-order valence-electron chi connectivity index (χ0n) is 14.0. The predicted octanol–water partition coefficient (Wildman–Crippen LogP) is 2.90. The van der Waals surface area contributed by atoms with Crippen LogP contribution in [0.2, 0.25) is 0 Å². The molecule has 6 nitrogen and oxygen atoms in total. The maximum absolute atomic E-state index is 12.7. The molecular formula is C19H12IN3O3S.